The van der Waals surface area contributed by atoms with Crippen LogP contribution in [0, 0.1) is 6.92 Å². The van der Waals surface area contributed by atoms with E-state index in [0.717, 1.165) is 32.7 Å². The molecule has 0 fully saturated rings. The normalized spacial score (nSPS) is 10.5. The van der Waals surface area contributed by atoms with Gasteiger partial charge in [-0.2, -0.15) is 0 Å². The van der Waals surface area contributed by atoms with Crippen LogP contribution in [0.25, 0.3) is 10.8 Å². The van der Waals surface area contributed by atoms with Gasteiger partial charge < -0.3 is 16.0 Å². The maximum Gasteiger partial charge on any atom is 0.234 e. The number of aryl methyl sites for hydroxylation is 1. The Morgan fingerprint density at radius 3 is 2.38 bits per heavy atom. The molecule has 0 aliphatic carbocycles. The van der Waals surface area contributed by atoms with Crippen LogP contribution in [0.5, 0.6) is 0 Å². The number of carbonyl (C=O) groups is 1. The third-order valence-electron chi connectivity index (χ3n) is 4.83. The van der Waals surface area contributed by atoms with Crippen LogP contribution < -0.4 is 16.0 Å². The molecule has 0 spiro atoms. The summed E-state index contributed by atoms with van der Waals surface area (Å²) in [6, 6.07) is 29.8. The van der Waals surface area contributed by atoms with Crippen molar-refractivity contribution < 1.29 is 4.79 Å². The van der Waals surface area contributed by atoms with Gasteiger partial charge in [-0.3, -0.25) is 4.79 Å². The Bertz CT molecular complexity index is 1250. The Kier molecular flexibility index (Phi) is 7.04. The highest BCUT2D eigenvalue weighted by atomic mass is 32.2. The minimum atomic E-state index is -0.0405. The van der Waals surface area contributed by atoms with E-state index in [1.165, 1.54) is 17.3 Å². The summed E-state index contributed by atoms with van der Waals surface area (Å²) in [5.41, 5.74) is 3.83. The summed E-state index contributed by atoms with van der Waals surface area (Å²) in [6.45, 7) is 2.05. The van der Waals surface area contributed by atoms with Crippen molar-refractivity contribution in [2.75, 3.05) is 21.7 Å². The van der Waals surface area contributed by atoms with E-state index >= 15 is 0 Å². The number of anilines is 3. The van der Waals surface area contributed by atoms with Crippen LogP contribution in [0.15, 0.2) is 95.9 Å². The van der Waals surface area contributed by atoms with Gasteiger partial charge in [-0.05, 0) is 60.9 Å². The highest BCUT2D eigenvalue weighted by Gasteiger charge is 2.07. The molecule has 4 aromatic rings. The molecule has 0 unspecified atom stereocenters. The van der Waals surface area contributed by atoms with Gasteiger partial charge in [-0.15, -0.1) is 11.8 Å². The number of rotatable bonds is 6. The highest BCUT2D eigenvalue weighted by molar-refractivity contribution is 8.00. The van der Waals surface area contributed by atoms with Gasteiger partial charge in [0.25, 0.3) is 0 Å². The number of nitrogens with one attached hydrogen (secondary N) is 3. The third-order valence-corrected chi connectivity index (χ3v) is 6.03. The zero-order chi connectivity index (χ0) is 22.3. The molecule has 0 bridgehead atoms. The molecule has 4 nitrogen and oxygen atoms in total. The number of amides is 1. The zero-order valence-electron chi connectivity index (χ0n) is 17.6. The van der Waals surface area contributed by atoms with Crippen molar-refractivity contribution in [2.24, 2.45) is 0 Å². The maximum absolute atomic E-state index is 12.5. The first kappa shape index (κ1) is 21.9. The third kappa shape index (κ3) is 5.87. The number of benzene rings is 4. The molecular weight excluding hydrogens is 434 g/mol. The molecule has 0 aliphatic rings. The first-order valence-electron chi connectivity index (χ1n) is 10.2. The predicted molar refractivity (Wildman–Crippen MR) is 141 cm³/mol. The van der Waals surface area contributed by atoms with Gasteiger partial charge in [0.1, 0.15) is 0 Å². The second-order valence-corrected chi connectivity index (χ2v) is 8.79. The largest absolute Gasteiger partial charge is 0.332 e. The lowest BCUT2D eigenvalue weighted by atomic mass is 10.1. The van der Waals surface area contributed by atoms with Crippen LogP contribution >= 0.6 is 24.0 Å². The number of thioether (sulfide) groups is 1. The van der Waals surface area contributed by atoms with Crippen LogP contribution in [0.2, 0.25) is 0 Å². The Hall–Kier alpha value is -3.35. The Morgan fingerprint density at radius 1 is 0.812 bits per heavy atom. The number of carbonyl (C=O) groups excluding carboxylic acids is 1. The van der Waals surface area contributed by atoms with Crippen molar-refractivity contribution in [2.45, 2.75) is 11.8 Å². The minimum absolute atomic E-state index is 0.0405. The topological polar surface area (TPSA) is 53.2 Å². The SMILES string of the molecule is Cc1ccc(NC(=S)Nc2cccc(SCC(=O)Nc3cccc4ccccc34)c2)cc1. The molecule has 4 aromatic carbocycles. The Morgan fingerprint density at radius 2 is 1.53 bits per heavy atom. The van der Waals surface area contributed by atoms with E-state index in [9.17, 15) is 4.79 Å². The van der Waals surface area contributed by atoms with Crippen molar-refractivity contribution in [3.8, 4) is 0 Å². The van der Waals surface area contributed by atoms with Crippen LogP contribution in [0.3, 0.4) is 0 Å². The van der Waals surface area contributed by atoms with Crippen LogP contribution in [-0.2, 0) is 4.79 Å². The summed E-state index contributed by atoms with van der Waals surface area (Å²) in [5, 5.41) is 12.1. The lowest BCUT2D eigenvalue weighted by Crippen LogP contribution is -2.19. The number of fused-ring (bicyclic) bond motifs is 1. The fourth-order valence-electron chi connectivity index (χ4n) is 3.26. The van der Waals surface area contributed by atoms with Crippen LogP contribution in [0.4, 0.5) is 17.1 Å². The molecule has 0 saturated carbocycles. The second kappa shape index (κ2) is 10.3. The summed E-state index contributed by atoms with van der Waals surface area (Å²) < 4.78 is 0. The van der Waals surface area contributed by atoms with E-state index in [4.69, 9.17) is 12.2 Å². The van der Waals surface area contributed by atoms with E-state index in [1.54, 1.807) is 0 Å². The van der Waals surface area contributed by atoms with Crippen LogP contribution in [-0.4, -0.2) is 16.8 Å². The van der Waals surface area contributed by atoms with Crippen molar-refractivity contribution in [3.05, 3.63) is 96.6 Å². The lowest BCUT2D eigenvalue weighted by molar-refractivity contribution is -0.113. The lowest BCUT2D eigenvalue weighted by Gasteiger charge is -2.12. The molecule has 4 rings (SSSR count). The summed E-state index contributed by atoms with van der Waals surface area (Å²) >= 11 is 6.90. The molecule has 1 amide bonds. The van der Waals surface area contributed by atoms with Gasteiger partial charge in [0, 0.05) is 27.3 Å². The monoisotopic (exact) mass is 457 g/mol. The highest BCUT2D eigenvalue weighted by Crippen LogP contribution is 2.25. The smallest absolute Gasteiger partial charge is 0.234 e. The average Bonchev–Trinajstić information content (AvgIpc) is 2.80. The summed E-state index contributed by atoms with van der Waals surface area (Å²) in [7, 11) is 0. The molecule has 0 heterocycles. The van der Waals surface area contributed by atoms with E-state index < -0.39 is 0 Å². The predicted octanol–water partition coefficient (Wildman–Crippen LogP) is 6.69. The molecule has 6 heteroatoms. The molecule has 0 radical (unpaired) electrons. The molecule has 0 atom stereocenters. The van der Waals surface area contributed by atoms with Crippen molar-refractivity contribution in [1.82, 2.24) is 0 Å². The summed E-state index contributed by atoms with van der Waals surface area (Å²) in [6.07, 6.45) is 0. The van der Waals surface area contributed by atoms with Gasteiger partial charge in [-0.25, -0.2) is 0 Å². The van der Waals surface area contributed by atoms with E-state index in [2.05, 4.69) is 16.0 Å². The van der Waals surface area contributed by atoms with Gasteiger partial charge in [0.05, 0.1) is 5.75 Å². The van der Waals surface area contributed by atoms with Crippen LogP contribution in [0.1, 0.15) is 5.56 Å². The summed E-state index contributed by atoms with van der Waals surface area (Å²) in [4.78, 5) is 13.5. The second-order valence-electron chi connectivity index (χ2n) is 7.34. The van der Waals surface area contributed by atoms with Gasteiger partial charge in [0.2, 0.25) is 5.91 Å². The number of hydrogen-bond donors (Lipinski definition) is 3. The number of hydrogen-bond acceptors (Lipinski definition) is 3. The van der Waals surface area contributed by atoms with E-state index in [-0.39, 0.29) is 5.91 Å². The van der Waals surface area contributed by atoms with E-state index in [1.807, 2.05) is 97.9 Å². The minimum Gasteiger partial charge on any atom is -0.332 e. The fourth-order valence-corrected chi connectivity index (χ4v) is 4.25. The molecule has 3 N–H and O–H groups in total. The molecule has 0 aliphatic heterocycles. The van der Waals surface area contributed by atoms with Crippen molar-refractivity contribution in [1.29, 1.82) is 0 Å². The standard InChI is InChI=1S/C26H23N3OS2/c1-18-12-14-20(15-13-18)27-26(31)28-21-8-5-9-22(16-21)32-17-25(30)29-24-11-4-7-19-6-2-3-10-23(19)24/h2-16H,17H2,1H3,(H,29,30)(H2,27,28,31). The average molecular weight is 458 g/mol. The Balaban J connectivity index is 1.33. The molecule has 0 aromatic heterocycles. The quantitative estimate of drug-likeness (QED) is 0.222. The molecule has 32 heavy (non-hydrogen) atoms. The van der Waals surface area contributed by atoms with Gasteiger partial charge in [-0.1, -0.05) is 60.2 Å². The first-order valence-corrected chi connectivity index (χ1v) is 11.6. The Labute approximate surface area is 197 Å². The fraction of sp³-hybridized carbons (Fsp3) is 0.0769. The molecular formula is C26H23N3OS2. The van der Waals surface area contributed by atoms with E-state index in [0.29, 0.717) is 10.9 Å². The molecule has 0 saturated heterocycles. The summed E-state index contributed by atoms with van der Waals surface area (Å²) in [5.74, 6) is 0.278. The molecule has 160 valence electrons. The number of thiocarbonyl (C=S) groups is 1. The van der Waals surface area contributed by atoms with Gasteiger partial charge in [0.15, 0.2) is 5.11 Å². The zero-order valence-corrected chi connectivity index (χ0v) is 19.2. The van der Waals surface area contributed by atoms with Crippen molar-refractivity contribution in [3.63, 3.8) is 0 Å². The first-order chi connectivity index (χ1) is 15.6. The van der Waals surface area contributed by atoms with Crippen molar-refractivity contribution >= 4 is 62.8 Å². The maximum atomic E-state index is 12.5. The van der Waals surface area contributed by atoms with Gasteiger partial charge >= 0.3 is 0 Å².